The summed E-state index contributed by atoms with van der Waals surface area (Å²) in [4.78, 5) is 2.60. The maximum absolute atomic E-state index is 3.31. The van der Waals surface area contributed by atoms with E-state index in [9.17, 15) is 0 Å². The van der Waals surface area contributed by atoms with Gasteiger partial charge in [-0.15, -0.1) is 0 Å². The van der Waals surface area contributed by atoms with Gasteiger partial charge in [0.15, 0.2) is 0 Å². The van der Waals surface area contributed by atoms with Crippen LogP contribution in [0.25, 0.3) is 0 Å². The van der Waals surface area contributed by atoms with Crippen molar-refractivity contribution in [3.63, 3.8) is 0 Å². The van der Waals surface area contributed by atoms with E-state index < -0.39 is 0 Å². The summed E-state index contributed by atoms with van der Waals surface area (Å²) in [5.41, 5.74) is 4.54. The molecular formula is C16H24N2. The number of nitrogens with zero attached hydrogens (tertiary/aromatic N) is 1. The first-order valence-corrected chi connectivity index (χ1v) is 7.30. The molecule has 0 spiro atoms. The van der Waals surface area contributed by atoms with Crippen molar-refractivity contribution in [3.8, 4) is 0 Å². The van der Waals surface area contributed by atoms with E-state index in [2.05, 4.69) is 35.3 Å². The van der Waals surface area contributed by atoms with Gasteiger partial charge in [-0.05, 0) is 62.8 Å². The van der Waals surface area contributed by atoms with Crippen LogP contribution >= 0.6 is 0 Å². The molecule has 2 aliphatic rings. The molecule has 18 heavy (non-hydrogen) atoms. The Hall–Kier alpha value is -1.02. The number of hydrogen-bond donors (Lipinski definition) is 1. The van der Waals surface area contributed by atoms with Crippen molar-refractivity contribution < 1.29 is 0 Å². The summed E-state index contributed by atoms with van der Waals surface area (Å²) in [7, 11) is 2.04. The zero-order valence-electron chi connectivity index (χ0n) is 11.6. The highest BCUT2D eigenvalue weighted by atomic mass is 15.2. The molecule has 1 unspecified atom stereocenters. The van der Waals surface area contributed by atoms with Crippen molar-refractivity contribution in [2.45, 2.75) is 38.6 Å². The molecule has 1 N–H and O–H groups in total. The lowest BCUT2D eigenvalue weighted by Crippen LogP contribution is -2.23. The molecule has 0 amide bonds. The van der Waals surface area contributed by atoms with Gasteiger partial charge in [-0.25, -0.2) is 0 Å². The van der Waals surface area contributed by atoms with Crippen LogP contribution in [0.5, 0.6) is 0 Å². The molecule has 1 saturated carbocycles. The number of anilines is 1. The lowest BCUT2D eigenvalue weighted by atomic mass is 10.0. The number of fused-ring (bicyclic) bond motifs is 1. The first-order chi connectivity index (χ1) is 8.76. The van der Waals surface area contributed by atoms with Crippen molar-refractivity contribution >= 4 is 5.69 Å². The fraction of sp³-hybridized carbons (Fsp3) is 0.625. The Bertz CT molecular complexity index is 423. The molecule has 2 nitrogen and oxygen atoms in total. The van der Waals surface area contributed by atoms with Crippen molar-refractivity contribution in [1.29, 1.82) is 0 Å². The Morgan fingerprint density at radius 3 is 2.94 bits per heavy atom. The van der Waals surface area contributed by atoms with E-state index in [1.807, 2.05) is 7.05 Å². The van der Waals surface area contributed by atoms with Gasteiger partial charge >= 0.3 is 0 Å². The highest BCUT2D eigenvalue weighted by molar-refractivity contribution is 5.59. The largest absolute Gasteiger partial charge is 0.371 e. The van der Waals surface area contributed by atoms with E-state index in [0.29, 0.717) is 6.04 Å². The second-order valence-corrected chi connectivity index (χ2v) is 6.00. The highest BCUT2D eigenvalue weighted by Crippen LogP contribution is 2.35. The quantitative estimate of drug-likeness (QED) is 0.856. The van der Waals surface area contributed by atoms with Gasteiger partial charge in [0.25, 0.3) is 0 Å². The number of nitrogens with one attached hydrogen (secondary N) is 1. The third-order valence-corrected chi connectivity index (χ3v) is 4.35. The minimum Gasteiger partial charge on any atom is -0.371 e. The predicted molar refractivity (Wildman–Crippen MR) is 77.3 cm³/mol. The van der Waals surface area contributed by atoms with Crippen LogP contribution in [-0.4, -0.2) is 26.2 Å². The summed E-state index contributed by atoms with van der Waals surface area (Å²) in [6, 6.07) is 7.66. The van der Waals surface area contributed by atoms with Crippen LogP contribution in [0.3, 0.4) is 0 Å². The molecule has 1 heterocycles. The molecule has 0 radical (unpaired) electrons. The summed E-state index contributed by atoms with van der Waals surface area (Å²) in [5.74, 6) is 0.986. The summed E-state index contributed by atoms with van der Waals surface area (Å²) < 4.78 is 0. The first-order valence-electron chi connectivity index (χ1n) is 7.30. The van der Waals surface area contributed by atoms with Crippen LogP contribution in [0.15, 0.2) is 18.2 Å². The van der Waals surface area contributed by atoms with E-state index >= 15 is 0 Å². The van der Waals surface area contributed by atoms with Gasteiger partial charge in [-0.2, -0.15) is 0 Å². The molecule has 0 bridgehead atoms. The van der Waals surface area contributed by atoms with Gasteiger partial charge < -0.3 is 10.2 Å². The van der Waals surface area contributed by atoms with E-state index in [-0.39, 0.29) is 0 Å². The van der Waals surface area contributed by atoms with Crippen LogP contribution in [0.2, 0.25) is 0 Å². The Morgan fingerprint density at radius 2 is 2.22 bits per heavy atom. The molecule has 1 aromatic carbocycles. The molecule has 1 fully saturated rings. The molecule has 1 aromatic rings. The summed E-state index contributed by atoms with van der Waals surface area (Å²) in [5, 5.41) is 3.31. The smallest absolute Gasteiger partial charge is 0.0399 e. The average Bonchev–Trinajstić information content (AvgIpc) is 3.10. The normalized spacial score (nSPS) is 20.0. The molecule has 1 aliphatic carbocycles. The number of hydrogen-bond acceptors (Lipinski definition) is 2. The third-order valence-electron chi connectivity index (χ3n) is 4.35. The third kappa shape index (κ3) is 2.54. The number of benzene rings is 1. The molecule has 98 valence electrons. The topological polar surface area (TPSA) is 15.3 Å². The van der Waals surface area contributed by atoms with Gasteiger partial charge in [-0.1, -0.05) is 12.1 Å². The van der Waals surface area contributed by atoms with E-state index in [1.165, 1.54) is 43.6 Å². The van der Waals surface area contributed by atoms with E-state index in [0.717, 1.165) is 12.3 Å². The molecule has 2 heteroatoms. The molecule has 3 rings (SSSR count). The number of rotatable bonds is 5. The van der Waals surface area contributed by atoms with Gasteiger partial charge in [0.2, 0.25) is 0 Å². The van der Waals surface area contributed by atoms with Crippen molar-refractivity contribution in [3.05, 3.63) is 29.3 Å². The molecular weight excluding hydrogens is 220 g/mol. The standard InChI is InChI=1S/C16H24N2/c1-12(17-2)9-14-5-6-16-15(10-14)7-8-18(16)11-13-3-4-13/h5-6,10,12-13,17H,3-4,7-9,11H2,1-2H3. The zero-order chi connectivity index (χ0) is 12.5. The lowest BCUT2D eigenvalue weighted by molar-refractivity contribution is 0.608. The fourth-order valence-electron chi connectivity index (χ4n) is 2.91. The molecule has 0 saturated heterocycles. The Balaban J connectivity index is 1.71. The van der Waals surface area contributed by atoms with Crippen molar-refractivity contribution in [2.24, 2.45) is 5.92 Å². The SMILES string of the molecule is CNC(C)Cc1ccc2c(c1)CCN2CC1CC1. The van der Waals surface area contributed by atoms with Crippen molar-refractivity contribution in [1.82, 2.24) is 5.32 Å². The number of likely N-dealkylation sites (N-methyl/N-ethyl adjacent to an activating group) is 1. The van der Waals surface area contributed by atoms with Gasteiger partial charge in [0.05, 0.1) is 0 Å². The average molecular weight is 244 g/mol. The summed E-state index contributed by atoms with van der Waals surface area (Å²) >= 11 is 0. The van der Waals surface area contributed by atoms with Gasteiger partial charge in [-0.3, -0.25) is 0 Å². The van der Waals surface area contributed by atoms with Crippen LogP contribution in [0.4, 0.5) is 5.69 Å². The summed E-state index contributed by atoms with van der Waals surface area (Å²) in [6.07, 6.45) is 5.27. The molecule has 0 aromatic heterocycles. The first kappa shape index (κ1) is 12.0. The summed E-state index contributed by atoms with van der Waals surface area (Å²) in [6.45, 7) is 4.77. The monoisotopic (exact) mass is 244 g/mol. The Kier molecular flexibility index (Phi) is 3.29. The fourth-order valence-corrected chi connectivity index (χ4v) is 2.91. The van der Waals surface area contributed by atoms with E-state index in [1.54, 1.807) is 5.56 Å². The Morgan fingerprint density at radius 1 is 1.39 bits per heavy atom. The van der Waals surface area contributed by atoms with Crippen LogP contribution in [-0.2, 0) is 12.8 Å². The molecule has 1 atom stereocenters. The zero-order valence-corrected chi connectivity index (χ0v) is 11.6. The maximum Gasteiger partial charge on any atom is 0.0399 e. The van der Waals surface area contributed by atoms with Crippen molar-refractivity contribution in [2.75, 3.05) is 25.0 Å². The lowest BCUT2D eigenvalue weighted by Gasteiger charge is -2.19. The van der Waals surface area contributed by atoms with Crippen LogP contribution < -0.4 is 10.2 Å². The van der Waals surface area contributed by atoms with Gasteiger partial charge in [0.1, 0.15) is 0 Å². The second-order valence-electron chi connectivity index (χ2n) is 6.00. The van der Waals surface area contributed by atoms with E-state index in [4.69, 9.17) is 0 Å². The van der Waals surface area contributed by atoms with Gasteiger partial charge in [0, 0.05) is 24.8 Å². The van der Waals surface area contributed by atoms with Crippen LogP contribution in [0, 0.1) is 5.92 Å². The minimum atomic E-state index is 0.562. The highest BCUT2D eigenvalue weighted by Gasteiger charge is 2.27. The second kappa shape index (κ2) is 4.93. The van der Waals surface area contributed by atoms with Crippen LogP contribution in [0.1, 0.15) is 30.9 Å². The molecule has 1 aliphatic heterocycles. The Labute approximate surface area is 110 Å². The predicted octanol–water partition coefficient (Wildman–Crippen LogP) is 2.61. The minimum absolute atomic E-state index is 0.562. The maximum atomic E-state index is 3.31.